The lowest BCUT2D eigenvalue weighted by Gasteiger charge is -2.39. The molecule has 3 aromatic carbocycles. The van der Waals surface area contributed by atoms with Crippen molar-refractivity contribution < 1.29 is 19.4 Å². The minimum Gasteiger partial charge on any atom is -0.496 e. The van der Waals surface area contributed by atoms with Crippen LogP contribution in [0.1, 0.15) is 29.0 Å². The van der Waals surface area contributed by atoms with E-state index in [4.69, 9.17) is 15.1 Å². The minimum atomic E-state index is -1.21. The summed E-state index contributed by atoms with van der Waals surface area (Å²) in [6.45, 7) is 1.40. The Balaban J connectivity index is 1.51. The van der Waals surface area contributed by atoms with Gasteiger partial charge in [0.2, 0.25) is 5.91 Å². The van der Waals surface area contributed by atoms with Crippen molar-refractivity contribution in [1.29, 1.82) is 5.26 Å². The van der Waals surface area contributed by atoms with E-state index in [1.807, 2.05) is 54.6 Å². The van der Waals surface area contributed by atoms with Gasteiger partial charge in [-0.3, -0.25) is 4.79 Å². The van der Waals surface area contributed by atoms with E-state index in [1.54, 1.807) is 12.0 Å². The van der Waals surface area contributed by atoms with Crippen LogP contribution >= 0.6 is 0 Å². The highest BCUT2D eigenvalue weighted by Gasteiger charge is 2.32. The van der Waals surface area contributed by atoms with Gasteiger partial charge >= 0.3 is 6.09 Å². The summed E-state index contributed by atoms with van der Waals surface area (Å²) in [5.41, 5.74) is 4.82. The van der Waals surface area contributed by atoms with Gasteiger partial charge in [0.05, 0.1) is 18.7 Å². The second-order valence-corrected chi connectivity index (χ2v) is 9.01. The normalized spacial score (nSPS) is 17.0. The second-order valence-electron chi connectivity index (χ2n) is 9.01. The van der Waals surface area contributed by atoms with Crippen molar-refractivity contribution >= 4 is 12.0 Å². The number of nitrogens with zero attached hydrogens (tertiary/aromatic N) is 2. The number of benzene rings is 3. The Morgan fingerprint density at radius 1 is 1.08 bits per heavy atom. The van der Waals surface area contributed by atoms with Gasteiger partial charge in [-0.15, -0.1) is 0 Å². The topological polar surface area (TPSA) is 115 Å². The van der Waals surface area contributed by atoms with Crippen LogP contribution in [0, 0.1) is 11.3 Å². The van der Waals surface area contributed by atoms with Crippen LogP contribution in [0.15, 0.2) is 72.8 Å². The highest BCUT2D eigenvalue weighted by Crippen LogP contribution is 2.30. The third-order valence-corrected chi connectivity index (χ3v) is 6.77. The Morgan fingerprint density at radius 3 is 2.49 bits per heavy atom. The third kappa shape index (κ3) is 6.46. The Labute approximate surface area is 216 Å². The van der Waals surface area contributed by atoms with E-state index in [0.717, 1.165) is 34.4 Å². The van der Waals surface area contributed by atoms with E-state index >= 15 is 0 Å². The molecule has 1 aliphatic rings. The first-order valence-corrected chi connectivity index (χ1v) is 12.2. The number of amides is 2. The summed E-state index contributed by atoms with van der Waals surface area (Å²) in [5, 5.41) is 23.8. The van der Waals surface area contributed by atoms with Crippen LogP contribution in [0.2, 0.25) is 0 Å². The number of methoxy groups -OCH3 is 1. The fraction of sp³-hybridized carbons (Fsp3) is 0.276. The predicted octanol–water partition coefficient (Wildman–Crippen LogP) is 3.98. The maximum Gasteiger partial charge on any atom is 0.405 e. The average Bonchev–Trinajstić information content (AvgIpc) is 2.95. The number of ether oxygens (including phenoxy) is 1. The molecule has 0 aromatic heterocycles. The summed E-state index contributed by atoms with van der Waals surface area (Å²) >= 11 is 0. The third-order valence-electron chi connectivity index (χ3n) is 6.77. The SMILES string of the molecule is COc1ccc(-c2ccc(C#N)cc2)cc1CN[C@H]1CCN(C(=O)CNC(=O)O)C[C@H]1c1ccccc1. The average molecular weight is 499 g/mol. The van der Waals surface area contributed by atoms with Crippen LogP contribution in [-0.4, -0.2) is 54.8 Å². The number of nitriles is 1. The zero-order valence-electron chi connectivity index (χ0n) is 20.7. The highest BCUT2D eigenvalue weighted by molar-refractivity contribution is 5.82. The maximum absolute atomic E-state index is 12.6. The van der Waals surface area contributed by atoms with E-state index in [-0.39, 0.29) is 24.4 Å². The zero-order chi connectivity index (χ0) is 26.2. The van der Waals surface area contributed by atoms with Crippen LogP contribution in [0.5, 0.6) is 5.75 Å². The highest BCUT2D eigenvalue weighted by atomic mass is 16.5. The molecule has 2 amide bonds. The predicted molar refractivity (Wildman–Crippen MR) is 140 cm³/mol. The van der Waals surface area contributed by atoms with Crippen LogP contribution < -0.4 is 15.4 Å². The monoisotopic (exact) mass is 498 g/mol. The number of carbonyl (C=O) groups excluding carboxylic acids is 1. The van der Waals surface area contributed by atoms with Crippen molar-refractivity contribution in [3.63, 3.8) is 0 Å². The fourth-order valence-electron chi connectivity index (χ4n) is 4.80. The van der Waals surface area contributed by atoms with E-state index < -0.39 is 6.09 Å². The molecule has 190 valence electrons. The number of likely N-dealkylation sites (tertiary alicyclic amines) is 1. The number of piperidine rings is 1. The van der Waals surface area contributed by atoms with Crippen molar-refractivity contribution in [2.45, 2.75) is 24.9 Å². The van der Waals surface area contributed by atoms with E-state index in [2.05, 4.69) is 34.9 Å². The molecule has 0 bridgehead atoms. The molecular formula is C29H30N4O4. The second kappa shape index (κ2) is 12.1. The Hall–Kier alpha value is -4.35. The molecule has 0 saturated carbocycles. The van der Waals surface area contributed by atoms with Crippen molar-refractivity contribution in [1.82, 2.24) is 15.5 Å². The summed E-state index contributed by atoms with van der Waals surface area (Å²) in [5.74, 6) is 0.614. The Bertz CT molecular complexity index is 1270. The van der Waals surface area contributed by atoms with Crippen molar-refractivity contribution in [2.75, 3.05) is 26.7 Å². The molecule has 4 rings (SSSR count). The lowest BCUT2D eigenvalue weighted by atomic mass is 9.85. The quantitative estimate of drug-likeness (QED) is 0.433. The molecule has 0 radical (unpaired) electrons. The first-order chi connectivity index (χ1) is 18.0. The molecule has 3 aromatic rings. The van der Waals surface area contributed by atoms with Gasteiger partial charge in [0.25, 0.3) is 0 Å². The van der Waals surface area contributed by atoms with Gasteiger partial charge < -0.3 is 25.4 Å². The Morgan fingerprint density at radius 2 is 1.81 bits per heavy atom. The zero-order valence-corrected chi connectivity index (χ0v) is 20.7. The summed E-state index contributed by atoms with van der Waals surface area (Å²) in [6, 6.07) is 25.9. The molecule has 1 heterocycles. The molecule has 1 aliphatic heterocycles. The summed E-state index contributed by atoms with van der Waals surface area (Å²) in [6.07, 6.45) is -0.475. The summed E-state index contributed by atoms with van der Waals surface area (Å²) in [4.78, 5) is 25.2. The summed E-state index contributed by atoms with van der Waals surface area (Å²) in [7, 11) is 1.66. The number of carbonyl (C=O) groups is 2. The van der Waals surface area contributed by atoms with Crippen LogP contribution in [-0.2, 0) is 11.3 Å². The molecule has 3 N–H and O–H groups in total. The number of carboxylic acid groups (broad SMARTS) is 1. The van der Waals surface area contributed by atoms with Crippen LogP contribution in [0.3, 0.4) is 0 Å². The molecule has 8 nitrogen and oxygen atoms in total. The van der Waals surface area contributed by atoms with Gasteiger partial charge in [-0.1, -0.05) is 48.5 Å². The van der Waals surface area contributed by atoms with Gasteiger partial charge in [0, 0.05) is 37.2 Å². The molecule has 0 spiro atoms. The molecule has 0 aliphatic carbocycles. The molecule has 37 heavy (non-hydrogen) atoms. The first kappa shape index (κ1) is 25.7. The van der Waals surface area contributed by atoms with Gasteiger partial charge in [-0.2, -0.15) is 5.26 Å². The van der Waals surface area contributed by atoms with Gasteiger partial charge in [0.1, 0.15) is 12.3 Å². The largest absolute Gasteiger partial charge is 0.496 e. The first-order valence-electron chi connectivity index (χ1n) is 12.2. The van der Waals surface area contributed by atoms with Crippen molar-refractivity contribution in [3.8, 4) is 22.9 Å². The van der Waals surface area contributed by atoms with Gasteiger partial charge in [-0.05, 0) is 47.4 Å². The minimum absolute atomic E-state index is 0.0523. The van der Waals surface area contributed by atoms with E-state index in [0.29, 0.717) is 25.2 Å². The molecule has 8 heteroatoms. The maximum atomic E-state index is 12.6. The van der Waals surface area contributed by atoms with E-state index in [1.165, 1.54) is 0 Å². The fourth-order valence-corrected chi connectivity index (χ4v) is 4.80. The molecular weight excluding hydrogens is 468 g/mol. The van der Waals surface area contributed by atoms with Crippen molar-refractivity contribution in [2.24, 2.45) is 0 Å². The number of nitrogens with one attached hydrogen (secondary N) is 2. The molecule has 0 unspecified atom stereocenters. The van der Waals surface area contributed by atoms with E-state index in [9.17, 15) is 9.59 Å². The summed E-state index contributed by atoms with van der Waals surface area (Å²) < 4.78 is 5.63. The smallest absolute Gasteiger partial charge is 0.405 e. The van der Waals surface area contributed by atoms with Crippen LogP contribution in [0.25, 0.3) is 11.1 Å². The van der Waals surface area contributed by atoms with Gasteiger partial charge in [0.15, 0.2) is 0 Å². The standard InChI is InChI=1S/C29H30N4O4/c1-37-27-12-11-23(21-9-7-20(16-30)8-10-21)15-24(27)17-31-26-13-14-33(28(34)18-32-29(35)36)19-25(26)22-5-3-2-4-6-22/h2-12,15,25-26,31-32H,13-14,17-19H2,1H3,(H,35,36)/t25-,26-/m0/s1. The molecule has 1 saturated heterocycles. The number of hydrogen-bond donors (Lipinski definition) is 3. The number of rotatable bonds is 8. The van der Waals surface area contributed by atoms with Crippen LogP contribution in [0.4, 0.5) is 4.79 Å². The lowest BCUT2D eigenvalue weighted by Crippen LogP contribution is -2.51. The Kier molecular flexibility index (Phi) is 8.39. The molecule has 2 atom stereocenters. The number of hydrogen-bond acceptors (Lipinski definition) is 5. The lowest BCUT2D eigenvalue weighted by molar-refractivity contribution is -0.131. The molecule has 1 fully saturated rings. The van der Waals surface area contributed by atoms with Gasteiger partial charge in [-0.25, -0.2) is 4.79 Å². The van der Waals surface area contributed by atoms with Crippen molar-refractivity contribution in [3.05, 3.63) is 89.5 Å².